The minimum absolute atomic E-state index is 0.0113. The fourth-order valence-electron chi connectivity index (χ4n) is 3.37. The fourth-order valence-corrected chi connectivity index (χ4v) is 3.37. The van der Waals surface area contributed by atoms with E-state index in [0.717, 1.165) is 5.56 Å². The van der Waals surface area contributed by atoms with Crippen LogP contribution in [0.3, 0.4) is 0 Å². The molecule has 0 radical (unpaired) electrons. The maximum Gasteiger partial charge on any atom is 0.269 e. The normalized spacial score (nSPS) is 12.7. The van der Waals surface area contributed by atoms with Gasteiger partial charge in [-0.1, -0.05) is 53.7 Å². The first-order valence-corrected chi connectivity index (χ1v) is 10.8. The highest BCUT2D eigenvalue weighted by atomic mass is 16.6. The molecular formula is C25H24N4O5. The Labute approximate surface area is 196 Å². The van der Waals surface area contributed by atoms with Gasteiger partial charge in [0, 0.05) is 24.2 Å². The maximum absolute atomic E-state index is 10.9. The number of benzene rings is 3. The lowest BCUT2D eigenvalue weighted by molar-refractivity contribution is -0.384. The summed E-state index contributed by atoms with van der Waals surface area (Å²) in [5.74, 6) is 1.37. The van der Waals surface area contributed by atoms with Crippen LogP contribution in [-0.4, -0.2) is 39.4 Å². The Kier molecular flexibility index (Phi) is 7.59. The lowest BCUT2D eigenvalue weighted by Gasteiger charge is -2.18. The van der Waals surface area contributed by atoms with E-state index in [-0.39, 0.29) is 24.9 Å². The summed E-state index contributed by atoms with van der Waals surface area (Å²) < 4.78 is 11.1. The number of aromatic nitrogens is 2. The van der Waals surface area contributed by atoms with Crippen molar-refractivity contribution in [2.45, 2.75) is 18.6 Å². The number of aliphatic hydroxyl groups excluding tert-OH is 1. The van der Waals surface area contributed by atoms with Crippen molar-refractivity contribution in [3.8, 4) is 17.1 Å². The second kappa shape index (κ2) is 11.2. The van der Waals surface area contributed by atoms with Crippen molar-refractivity contribution in [3.63, 3.8) is 0 Å². The molecule has 0 aliphatic carbocycles. The van der Waals surface area contributed by atoms with Crippen molar-refractivity contribution in [1.29, 1.82) is 0 Å². The van der Waals surface area contributed by atoms with Crippen LogP contribution in [-0.2, 0) is 6.42 Å². The van der Waals surface area contributed by atoms with Gasteiger partial charge in [0.25, 0.3) is 5.69 Å². The number of rotatable bonds is 11. The van der Waals surface area contributed by atoms with Crippen molar-refractivity contribution < 1.29 is 19.3 Å². The summed E-state index contributed by atoms with van der Waals surface area (Å²) in [7, 11) is 0. The van der Waals surface area contributed by atoms with Gasteiger partial charge in [0.05, 0.1) is 11.0 Å². The standard InChI is InChI=1S/C25H24N4O5/c30-21(17-33-22-9-5-2-6-10-22)16-26-23(15-18-7-3-1-4-8-18)25-27-24(28-34-25)19-11-13-20(14-12-19)29(31)32/h1-14,21,23,26,30H,15-17H2/t21-,23+/m1/s1. The number of nitrogens with zero attached hydrogens (tertiary/aromatic N) is 3. The predicted octanol–water partition coefficient (Wildman–Crippen LogP) is 3.96. The van der Waals surface area contributed by atoms with Crippen molar-refractivity contribution in [2.24, 2.45) is 0 Å². The minimum Gasteiger partial charge on any atom is -0.491 e. The highest BCUT2D eigenvalue weighted by molar-refractivity contribution is 5.56. The molecule has 9 nitrogen and oxygen atoms in total. The summed E-state index contributed by atoms with van der Waals surface area (Å²) in [6.07, 6.45) is -0.190. The molecular weight excluding hydrogens is 436 g/mol. The summed E-state index contributed by atoms with van der Waals surface area (Å²) in [5, 5.41) is 28.6. The van der Waals surface area contributed by atoms with E-state index in [9.17, 15) is 15.2 Å². The second-order valence-corrected chi connectivity index (χ2v) is 7.69. The molecule has 1 aromatic heterocycles. The number of nitro benzene ring substituents is 1. The van der Waals surface area contributed by atoms with Gasteiger partial charge in [0.1, 0.15) is 18.5 Å². The Balaban J connectivity index is 1.44. The smallest absolute Gasteiger partial charge is 0.269 e. The van der Waals surface area contributed by atoms with Crippen LogP contribution >= 0.6 is 0 Å². The number of para-hydroxylation sites is 1. The van der Waals surface area contributed by atoms with Crippen LogP contribution in [0, 0.1) is 10.1 Å². The number of non-ortho nitro benzene ring substituents is 1. The number of hydrogen-bond acceptors (Lipinski definition) is 8. The molecule has 3 aromatic carbocycles. The average molecular weight is 460 g/mol. The number of nitro groups is 1. The molecule has 34 heavy (non-hydrogen) atoms. The van der Waals surface area contributed by atoms with Crippen LogP contribution in [0.1, 0.15) is 17.5 Å². The molecule has 0 fully saturated rings. The molecule has 1 heterocycles. The van der Waals surface area contributed by atoms with E-state index >= 15 is 0 Å². The zero-order valence-corrected chi connectivity index (χ0v) is 18.3. The van der Waals surface area contributed by atoms with Crippen LogP contribution in [0.4, 0.5) is 5.69 Å². The van der Waals surface area contributed by atoms with Crippen LogP contribution < -0.4 is 10.1 Å². The van der Waals surface area contributed by atoms with Gasteiger partial charge in [0.2, 0.25) is 11.7 Å². The van der Waals surface area contributed by atoms with E-state index in [1.165, 1.54) is 12.1 Å². The molecule has 2 N–H and O–H groups in total. The molecule has 0 unspecified atom stereocenters. The fraction of sp³-hybridized carbons (Fsp3) is 0.200. The summed E-state index contributed by atoms with van der Waals surface area (Å²) in [6, 6.07) is 24.7. The number of nitrogens with one attached hydrogen (secondary N) is 1. The monoisotopic (exact) mass is 460 g/mol. The van der Waals surface area contributed by atoms with E-state index in [1.54, 1.807) is 12.1 Å². The Morgan fingerprint density at radius 1 is 1.00 bits per heavy atom. The molecule has 0 aliphatic rings. The molecule has 0 aliphatic heterocycles. The predicted molar refractivity (Wildman–Crippen MR) is 125 cm³/mol. The van der Waals surface area contributed by atoms with Gasteiger partial charge in [0.15, 0.2) is 0 Å². The minimum atomic E-state index is -0.754. The summed E-state index contributed by atoms with van der Waals surface area (Å²) >= 11 is 0. The lowest BCUT2D eigenvalue weighted by atomic mass is 10.1. The van der Waals surface area contributed by atoms with Crippen molar-refractivity contribution >= 4 is 5.69 Å². The summed E-state index contributed by atoms with van der Waals surface area (Å²) in [4.78, 5) is 14.9. The first-order valence-electron chi connectivity index (χ1n) is 10.8. The Hall–Kier alpha value is -4.08. The maximum atomic E-state index is 10.9. The summed E-state index contributed by atoms with van der Waals surface area (Å²) in [6.45, 7) is 0.381. The first kappa shape index (κ1) is 23.1. The summed E-state index contributed by atoms with van der Waals surface area (Å²) in [5.41, 5.74) is 1.66. The third kappa shape index (κ3) is 6.25. The van der Waals surface area contributed by atoms with Gasteiger partial charge in [-0.2, -0.15) is 4.98 Å². The molecule has 174 valence electrons. The Morgan fingerprint density at radius 3 is 2.35 bits per heavy atom. The lowest BCUT2D eigenvalue weighted by Crippen LogP contribution is -2.35. The van der Waals surface area contributed by atoms with Gasteiger partial charge in [-0.25, -0.2) is 0 Å². The highest BCUT2D eigenvalue weighted by Gasteiger charge is 2.21. The topological polar surface area (TPSA) is 124 Å². The molecule has 4 rings (SSSR count). The van der Waals surface area contributed by atoms with Crippen molar-refractivity contribution in [2.75, 3.05) is 13.2 Å². The SMILES string of the molecule is O=[N+]([O-])c1ccc(-c2noc([C@H](Cc3ccccc3)NC[C@@H](O)COc3ccccc3)n2)cc1. The first-order chi connectivity index (χ1) is 16.6. The van der Waals surface area contributed by atoms with E-state index in [0.29, 0.717) is 29.4 Å². The van der Waals surface area contributed by atoms with Gasteiger partial charge in [-0.15, -0.1) is 0 Å². The Bertz CT molecular complexity index is 1180. The van der Waals surface area contributed by atoms with E-state index < -0.39 is 11.0 Å². The molecule has 9 heteroatoms. The second-order valence-electron chi connectivity index (χ2n) is 7.69. The van der Waals surface area contributed by atoms with Crippen molar-refractivity contribution in [3.05, 3.63) is 106 Å². The molecule has 0 spiro atoms. The average Bonchev–Trinajstić information content (AvgIpc) is 3.37. The Morgan fingerprint density at radius 2 is 1.68 bits per heavy atom. The molecule has 4 aromatic rings. The zero-order valence-electron chi connectivity index (χ0n) is 18.3. The van der Waals surface area contributed by atoms with Gasteiger partial charge in [-0.3, -0.25) is 10.1 Å². The van der Waals surface area contributed by atoms with Crippen LogP contribution in [0.2, 0.25) is 0 Å². The number of aliphatic hydroxyl groups is 1. The van der Waals surface area contributed by atoms with Crippen LogP contribution in [0.25, 0.3) is 11.4 Å². The van der Waals surface area contributed by atoms with Crippen molar-refractivity contribution in [1.82, 2.24) is 15.5 Å². The third-order valence-electron chi connectivity index (χ3n) is 5.14. The van der Waals surface area contributed by atoms with E-state index in [4.69, 9.17) is 9.26 Å². The van der Waals surface area contributed by atoms with Crippen LogP contribution in [0.15, 0.2) is 89.5 Å². The van der Waals surface area contributed by atoms with Gasteiger partial charge in [-0.05, 0) is 36.2 Å². The molecule has 0 bridgehead atoms. The quantitative estimate of drug-likeness (QED) is 0.255. The number of ether oxygens (including phenoxy) is 1. The molecule has 0 saturated carbocycles. The largest absolute Gasteiger partial charge is 0.491 e. The van der Waals surface area contributed by atoms with Crippen LogP contribution in [0.5, 0.6) is 5.75 Å². The van der Waals surface area contributed by atoms with Gasteiger partial charge >= 0.3 is 0 Å². The van der Waals surface area contributed by atoms with E-state index in [2.05, 4.69) is 15.5 Å². The molecule has 0 saturated heterocycles. The third-order valence-corrected chi connectivity index (χ3v) is 5.14. The zero-order chi connectivity index (χ0) is 23.8. The molecule has 0 amide bonds. The number of hydrogen-bond donors (Lipinski definition) is 2. The van der Waals surface area contributed by atoms with Gasteiger partial charge < -0.3 is 19.7 Å². The highest BCUT2D eigenvalue weighted by Crippen LogP contribution is 2.23. The molecule has 2 atom stereocenters. The van der Waals surface area contributed by atoms with E-state index in [1.807, 2.05) is 60.7 Å².